The van der Waals surface area contributed by atoms with Crippen LogP contribution in [0.2, 0.25) is 0 Å². The van der Waals surface area contributed by atoms with E-state index in [-0.39, 0.29) is 11.4 Å². The van der Waals surface area contributed by atoms with E-state index in [1.807, 2.05) is 13.8 Å². The molecule has 4 heteroatoms. The van der Waals surface area contributed by atoms with Gasteiger partial charge in [-0.25, -0.2) is 9.59 Å². The van der Waals surface area contributed by atoms with Gasteiger partial charge in [0.05, 0.1) is 13.2 Å². The molecule has 0 rings (SSSR count). The maximum absolute atomic E-state index is 11.1. The predicted octanol–water partition coefficient (Wildman–Crippen LogP) is 2.09. The van der Waals surface area contributed by atoms with Crippen molar-refractivity contribution in [2.24, 2.45) is 5.41 Å². The number of carbonyl (C=O) groups excluding carboxylic acids is 2. The van der Waals surface area contributed by atoms with Gasteiger partial charge in [-0.05, 0) is 19.3 Å². The van der Waals surface area contributed by atoms with Crippen LogP contribution in [0.5, 0.6) is 0 Å². The van der Waals surface area contributed by atoms with Gasteiger partial charge in [-0.15, -0.1) is 0 Å². The van der Waals surface area contributed by atoms with Crippen molar-refractivity contribution in [2.75, 3.05) is 13.2 Å². The van der Waals surface area contributed by atoms with Gasteiger partial charge >= 0.3 is 11.9 Å². The molecule has 4 nitrogen and oxygen atoms in total. The lowest BCUT2D eigenvalue weighted by Crippen LogP contribution is -2.08. The molecule has 0 aromatic rings. The molecule has 0 spiro atoms. The molecule has 0 bridgehead atoms. The summed E-state index contributed by atoms with van der Waals surface area (Å²) in [6.07, 6.45) is 3.57. The molecular formula is C14H20O4. The van der Waals surface area contributed by atoms with Gasteiger partial charge in [-0.1, -0.05) is 25.8 Å². The van der Waals surface area contributed by atoms with E-state index in [2.05, 4.69) is 16.6 Å². The van der Waals surface area contributed by atoms with Gasteiger partial charge in [-0.2, -0.15) is 0 Å². The van der Waals surface area contributed by atoms with Crippen molar-refractivity contribution in [1.29, 1.82) is 0 Å². The van der Waals surface area contributed by atoms with Crippen LogP contribution in [0.15, 0.2) is 12.2 Å². The Kier molecular flexibility index (Phi) is 7.53. The van der Waals surface area contributed by atoms with E-state index in [0.29, 0.717) is 19.6 Å². The molecule has 0 unspecified atom stereocenters. The van der Waals surface area contributed by atoms with Gasteiger partial charge in [0, 0.05) is 18.4 Å². The molecule has 0 aromatic heterocycles. The van der Waals surface area contributed by atoms with Crippen molar-refractivity contribution < 1.29 is 19.1 Å². The van der Waals surface area contributed by atoms with Gasteiger partial charge in [0.25, 0.3) is 0 Å². The fourth-order valence-electron chi connectivity index (χ4n) is 1.05. The lowest BCUT2D eigenvalue weighted by Gasteiger charge is -2.15. The summed E-state index contributed by atoms with van der Waals surface area (Å²) in [5.41, 5.74) is -0.299. The molecular weight excluding hydrogens is 232 g/mol. The summed E-state index contributed by atoms with van der Waals surface area (Å²) < 4.78 is 9.46. The summed E-state index contributed by atoms with van der Waals surface area (Å²) >= 11 is 0. The Bertz CT molecular complexity index is 369. The van der Waals surface area contributed by atoms with Crippen LogP contribution in [0.3, 0.4) is 0 Å². The third-order valence-electron chi connectivity index (χ3n) is 1.97. The first-order chi connectivity index (χ1) is 8.41. The fraction of sp³-hybridized carbons (Fsp3) is 0.571. The minimum Gasteiger partial charge on any atom is -0.463 e. The van der Waals surface area contributed by atoms with E-state index in [9.17, 15) is 9.59 Å². The van der Waals surface area contributed by atoms with Crippen LogP contribution in [-0.4, -0.2) is 25.2 Å². The SMILES string of the molecule is CCOC(=O)C#CCC(C)(C)/C=C/C(=O)OCC. The topological polar surface area (TPSA) is 52.6 Å². The number of carbonyl (C=O) groups is 2. The fourth-order valence-corrected chi connectivity index (χ4v) is 1.05. The smallest absolute Gasteiger partial charge is 0.384 e. The Labute approximate surface area is 108 Å². The van der Waals surface area contributed by atoms with E-state index in [4.69, 9.17) is 4.74 Å². The van der Waals surface area contributed by atoms with Crippen LogP contribution in [0, 0.1) is 17.3 Å². The molecule has 18 heavy (non-hydrogen) atoms. The highest BCUT2D eigenvalue weighted by Gasteiger charge is 2.13. The maximum atomic E-state index is 11.1. The summed E-state index contributed by atoms with van der Waals surface area (Å²) in [7, 11) is 0. The molecule has 0 N–H and O–H groups in total. The monoisotopic (exact) mass is 252 g/mol. The van der Waals surface area contributed by atoms with E-state index in [0.717, 1.165) is 0 Å². The predicted molar refractivity (Wildman–Crippen MR) is 68.6 cm³/mol. The van der Waals surface area contributed by atoms with Crippen molar-refractivity contribution in [3.05, 3.63) is 12.2 Å². The Morgan fingerprint density at radius 3 is 2.33 bits per heavy atom. The average molecular weight is 252 g/mol. The van der Waals surface area contributed by atoms with E-state index in [1.165, 1.54) is 6.08 Å². The summed E-state index contributed by atoms with van der Waals surface area (Å²) in [6, 6.07) is 0. The first-order valence-electron chi connectivity index (χ1n) is 5.93. The minimum absolute atomic E-state index is 0.299. The normalized spacial score (nSPS) is 10.7. The summed E-state index contributed by atoms with van der Waals surface area (Å²) in [5.74, 6) is 4.23. The zero-order chi connectivity index (χ0) is 14.0. The van der Waals surface area contributed by atoms with E-state index >= 15 is 0 Å². The molecule has 0 amide bonds. The molecule has 0 saturated carbocycles. The van der Waals surface area contributed by atoms with Crippen LogP contribution < -0.4 is 0 Å². The van der Waals surface area contributed by atoms with E-state index < -0.39 is 5.97 Å². The van der Waals surface area contributed by atoms with Crippen LogP contribution in [-0.2, 0) is 19.1 Å². The number of allylic oxidation sites excluding steroid dienone is 1. The first kappa shape index (κ1) is 16.2. The van der Waals surface area contributed by atoms with Crippen LogP contribution in [0.1, 0.15) is 34.1 Å². The highest BCUT2D eigenvalue weighted by Crippen LogP contribution is 2.21. The number of rotatable bonds is 5. The largest absolute Gasteiger partial charge is 0.463 e. The summed E-state index contributed by atoms with van der Waals surface area (Å²) in [5, 5.41) is 0. The summed E-state index contributed by atoms with van der Waals surface area (Å²) in [4.78, 5) is 22.1. The molecule has 0 radical (unpaired) electrons. The second-order valence-corrected chi connectivity index (χ2v) is 4.27. The number of ether oxygens (including phenoxy) is 2. The third-order valence-corrected chi connectivity index (χ3v) is 1.97. The lowest BCUT2D eigenvalue weighted by molar-refractivity contribution is -0.137. The molecule has 0 saturated heterocycles. The van der Waals surface area contributed by atoms with Crippen molar-refractivity contribution in [3.63, 3.8) is 0 Å². The van der Waals surface area contributed by atoms with Gasteiger partial charge in [-0.3, -0.25) is 0 Å². The van der Waals surface area contributed by atoms with Crippen LogP contribution in [0.25, 0.3) is 0 Å². The van der Waals surface area contributed by atoms with Gasteiger partial charge in [0.1, 0.15) is 0 Å². The molecule has 0 aromatic carbocycles. The molecule has 0 heterocycles. The highest BCUT2D eigenvalue weighted by molar-refractivity contribution is 5.88. The Hall–Kier alpha value is -1.76. The molecule has 0 atom stereocenters. The lowest BCUT2D eigenvalue weighted by atomic mass is 9.89. The van der Waals surface area contributed by atoms with Crippen molar-refractivity contribution in [3.8, 4) is 11.8 Å². The quantitative estimate of drug-likeness (QED) is 0.325. The Morgan fingerprint density at radius 1 is 1.17 bits per heavy atom. The average Bonchev–Trinajstić information content (AvgIpc) is 2.27. The Balaban J connectivity index is 4.30. The van der Waals surface area contributed by atoms with Crippen molar-refractivity contribution in [1.82, 2.24) is 0 Å². The van der Waals surface area contributed by atoms with Crippen LogP contribution in [0.4, 0.5) is 0 Å². The molecule has 100 valence electrons. The minimum atomic E-state index is -0.525. The van der Waals surface area contributed by atoms with E-state index in [1.54, 1.807) is 19.9 Å². The molecule has 0 fully saturated rings. The zero-order valence-corrected chi connectivity index (χ0v) is 11.4. The number of esters is 2. The van der Waals surface area contributed by atoms with Crippen molar-refractivity contribution in [2.45, 2.75) is 34.1 Å². The zero-order valence-electron chi connectivity index (χ0n) is 11.4. The highest BCUT2D eigenvalue weighted by atomic mass is 16.5. The van der Waals surface area contributed by atoms with Gasteiger partial charge < -0.3 is 9.47 Å². The molecule has 0 aliphatic heterocycles. The van der Waals surface area contributed by atoms with Gasteiger partial charge in [0.15, 0.2) is 0 Å². The first-order valence-corrected chi connectivity index (χ1v) is 5.93. The molecule has 0 aliphatic carbocycles. The third kappa shape index (κ3) is 8.40. The maximum Gasteiger partial charge on any atom is 0.384 e. The van der Waals surface area contributed by atoms with Crippen molar-refractivity contribution >= 4 is 11.9 Å². The molecule has 0 aliphatic rings. The Morgan fingerprint density at radius 2 is 1.78 bits per heavy atom. The second-order valence-electron chi connectivity index (χ2n) is 4.27. The standard InChI is InChI=1S/C14H20O4/c1-5-17-12(15)8-7-10-14(3,4)11-9-13(16)18-6-2/h9,11H,5-6,10H2,1-4H3/b11-9+. The summed E-state index contributed by atoms with van der Waals surface area (Å²) in [6.45, 7) is 7.99. The number of hydrogen-bond donors (Lipinski definition) is 0. The van der Waals surface area contributed by atoms with Gasteiger partial charge in [0.2, 0.25) is 0 Å². The second kappa shape index (κ2) is 8.35. The van der Waals surface area contributed by atoms with Crippen LogP contribution >= 0.6 is 0 Å². The number of hydrogen-bond acceptors (Lipinski definition) is 4.